The fourth-order valence-electron chi connectivity index (χ4n) is 3.62. The number of hydrogen-bond acceptors (Lipinski definition) is 3. The SMILES string of the molecule is CCCn1c(C2CCN(C(=O)Nc3ccc(Br)cc3)C2)nc2cccnc21. The molecular weight excluding hydrogens is 406 g/mol. The first-order valence-corrected chi connectivity index (χ1v) is 10.1. The van der Waals surface area contributed by atoms with E-state index in [4.69, 9.17) is 4.98 Å². The van der Waals surface area contributed by atoms with Crippen molar-refractivity contribution in [3.8, 4) is 0 Å². The molecule has 1 N–H and O–H groups in total. The second-order valence-electron chi connectivity index (χ2n) is 6.84. The second kappa shape index (κ2) is 7.68. The number of carbonyl (C=O) groups excluding carboxylic acids is 1. The van der Waals surface area contributed by atoms with Crippen molar-refractivity contribution in [1.82, 2.24) is 19.4 Å². The van der Waals surface area contributed by atoms with Gasteiger partial charge < -0.3 is 14.8 Å². The summed E-state index contributed by atoms with van der Waals surface area (Å²) in [4.78, 5) is 23.8. The number of fused-ring (bicyclic) bond motifs is 1. The van der Waals surface area contributed by atoms with Gasteiger partial charge in [-0.1, -0.05) is 22.9 Å². The van der Waals surface area contributed by atoms with Gasteiger partial charge in [0.15, 0.2) is 5.65 Å². The molecule has 0 saturated carbocycles. The molecule has 0 bridgehead atoms. The zero-order valence-corrected chi connectivity index (χ0v) is 16.8. The first-order valence-electron chi connectivity index (χ1n) is 9.28. The van der Waals surface area contributed by atoms with Gasteiger partial charge in [0.25, 0.3) is 0 Å². The van der Waals surface area contributed by atoms with Gasteiger partial charge in [-0.3, -0.25) is 0 Å². The van der Waals surface area contributed by atoms with E-state index >= 15 is 0 Å². The first kappa shape index (κ1) is 18.0. The van der Waals surface area contributed by atoms with E-state index in [1.54, 1.807) is 0 Å². The van der Waals surface area contributed by atoms with E-state index in [-0.39, 0.29) is 11.9 Å². The number of pyridine rings is 1. The summed E-state index contributed by atoms with van der Waals surface area (Å²) in [6, 6.07) is 11.5. The van der Waals surface area contributed by atoms with Crippen LogP contribution >= 0.6 is 15.9 Å². The topological polar surface area (TPSA) is 63.1 Å². The molecule has 6 nitrogen and oxygen atoms in total. The van der Waals surface area contributed by atoms with E-state index < -0.39 is 0 Å². The number of nitrogens with zero attached hydrogens (tertiary/aromatic N) is 4. The molecule has 0 aliphatic carbocycles. The van der Waals surface area contributed by atoms with Crippen molar-refractivity contribution in [1.29, 1.82) is 0 Å². The predicted molar refractivity (Wildman–Crippen MR) is 110 cm³/mol. The number of carbonyl (C=O) groups is 1. The summed E-state index contributed by atoms with van der Waals surface area (Å²) >= 11 is 3.41. The van der Waals surface area contributed by atoms with Crippen LogP contribution in [-0.2, 0) is 6.54 Å². The second-order valence-corrected chi connectivity index (χ2v) is 7.75. The highest BCUT2D eigenvalue weighted by molar-refractivity contribution is 9.10. The molecule has 1 aromatic carbocycles. The molecule has 1 atom stereocenters. The fraction of sp³-hybridized carbons (Fsp3) is 0.350. The number of aromatic nitrogens is 3. The Labute approximate surface area is 166 Å². The van der Waals surface area contributed by atoms with Crippen LogP contribution in [0.2, 0.25) is 0 Å². The Kier molecular flexibility index (Phi) is 5.11. The van der Waals surface area contributed by atoms with Crippen LogP contribution in [0.15, 0.2) is 47.1 Å². The molecule has 4 rings (SSSR count). The third kappa shape index (κ3) is 3.69. The molecular formula is C20H22BrN5O. The number of likely N-dealkylation sites (tertiary alicyclic amines) is 1. The van der Waals surface area contributed by atoms with Gasteiger partial charge in [-0.05, 0) is 49.2 Å². The predicted octanol–water partition coefficient (Wildman–Crippen LogP) is 4.63. The number of imidazole rings is 1. The Morgan fingerprint density at radius 3 is 2.89 bits per heavy atom. The standard InChI is InChI=1S/C20H22BrN5O/c1-2-11-26-18(24-17-4-3-10-22-19(17)26)14-9-12-25(13-14)20(27)23-16-7-5-15(21)6-8-16/h3-8,10,14H,2,9,11-13H2,1H3,(H,23,27). The molecule has 27 heavy (non-hydrogen) atoms. The lowest BCUT2D eigenvalue weighted by molar-refractivity contribution is 0.222. The lowest BCUT2D eigenvalue weighted by atomic mass is 10.1. The maximum atomic E-state index is 12.6. The zero-order chi connectivity index (χ0) is 18.8. The van der Waals surface area contributed by atoms with Gasteiger partial charge in [0.2, 0.25) is 0 Å². The van der Waals surface area contributed by atoms with Crippen LogP contribution in [-0.4, -0.2) is 38.6 Å². The summed E-state index contributed by atoms with van der Waals surface area (Å²) in [7, 11) is 0. The average molecular weight is 428 g/mol. The number of rotatable bonds is 4. The molecule has 1 saturated heterocycles. The quantitative estimate of drug-likeness (QED) is 0.660. The summed E-state index contributed by atoms with van der Waals surface area (Å²) < 4.78 is 3.21. The number of anilines is 1. The highest BCUT2D eigenvalue weighted by atomic mass is 79.9. The molecule has 3 heterocycles. The van der Waals surface area contributed by atoms with Crippen molar-refractivity contribution in [2.45, 2.75) is 32.2 Å². The van der Waals surface area contributed by atoms with Crippen LogP contribution in [0.3, 0.4) is 0 Å². The van der Waals surface area contributed by atoms with E-state index in [1.165, 1.54) is 0 Å². The van der Waals surface area contributed by atoms with E-state index in [0.717, 1.165) is 53.1 Å². The Morgan fingerprint density at radius 2 is 2.11 bits per heavy atom. The Balaban J connectivity index is 1.51. The number of halogens is 1. The smallest absolute Gasteiger partial charge is 0.321 e. The van der Waals surface area contributed by atoms with Crippen LogP contribution in [0.5, 0.6) is 0 Å². The summed E-state index contributed by atoms with van der Waals surface area (Å²) in [5, 5.41) is 2.98. The molecule has 0 spiro atoms. The van der Waals surface area contributed by atoms with Crippen molar-refractivity contribution in [3.63, 3.8) is 0 Å². The third-order valence-corrected chi connectivity index (χ3v) is 5.45. The molecule has 7 heteroatoms. The van der Waals surface area contributed by atoms with Crippen molar-refractivity contribution in [2.24, 2.45) is 0 Å². The highest BCUT2D eigenvalue weighted by Crippen LogP contribution is 2.29. The van der Waals surface area contributed by atoms with Gasteiger partial charge in [-0.15, -0.1) is 0 Å². The largest absolute Gasteiger partial charge is 0.324 e. The van der Waals surface area contributed by atoms with Gasteiger partial charge in [0.05, 0.1) is 0 Å². The van der Waals surface area contributed by atoms with Crippen molar-refractivity contribution in [2.75, 3.05) is 18.4 Å². The summed E-state index contributed by atoms with van der Waals surface area (Å²) in [6.07, 6.45) is 3.75. The van der Waals surface area contributed by atoms with Gasteiger partial charge in [0, 0.05) is 41.9 Å². The molecule has 3 aromatic rings. The molecule has 1 fully saturated rings. The van der Waals surface area contributed by atoms with Gasteiger partial charge in [0.1, 0.15) is 11.3 Å². The minimum atomic E-state index is -0.0592. The monoisotopic (exact) mass is 427 g/mol. The zero-order valence-electron chi connectivity index (χ0n) is 15.2. The number of hydrogen-bond donors (Lipinski definition) is 1. The summed E-state index contributed by atoms with van der Waals surface area (Å²) in [6.45, 7) is 4.46. The Morgan fingerprint density at radius 1 is 1.30 bits per heavy atom. The lowest BCUT2D eigenvalue weighted by Crippen LogP contribution is -2.33. The van der Waals surface area contributed by atoms with E-state index in [9.17, 15) is 4.79 Å². The van der Waals surface area contributed by atoms with Crippen LogP contribution in [0, 0.1) is 0 Å². The van der Waals surface area contributed by atoms with Gasteiger partial charge in [-0.2, -0.15) is 0 Å². The molecule has 140 valence electrons. The van der Waals surface area contributed by atoms with Crippen molar-refractivity contribution in [3.05, 3.63) is 52.9 Å². The molecule has 2 amide bonds. The minimum absolute atomic E-state index is 0.0592. The molecule has 2 aromatic heterocycles. The Hall–Kier alpha value is -2.41. The molecule has 1 aliphatic rings. The van der Waals surface area contributed by atoms with Gasteiger partial charge in [-0.25, -0.2) is 14.8 Å². The normalized spacial score (nSPS) is 16.8. The first-order chi connectivity index (χ1) is 13.2. The van der Waals surface area contributed by atoms with E-state index in [2.05, 4.69) is 37.7 Å². The lowest BCUT2D eigenvalue weighted by Gasteiger charge is -2.18. The number of amides is 2. The average Bonchev–Trinajstić information content (AvgIpc) is 3.29. The number of aryl methyl sites for hydroxylation is 1. The van der Waals surface area contributed by atoms with Crippen LogP contribution < -0.4 is 5.32 Å². The maximum absolute atomic E-state index is 12.6. The summed E-state index contributed by atoms with van der Waals surface area (Å²) in [5.74, 6) is 1.28. The van der Waals surface area contributed by atoms with Crippen LogP contribution in [0.1, 0.15) is 31.5 Å². The number of nitrogens with one attached hydrogen (secondary N) is 1. The highest BCUT2D eigenvalue weighted by Gasteiger charge is 2.31. The fourth-order valence-corrected chi connectivity index (χ4v) is 3.89. The maximum Gasteiger partial charge on any atom is 0.321 e. The molecule has 1 unspecified atom stereocenters. The number of benzene rings is 1. The van der Waals surface area contributed by atoms with Gasteiger partial charge >= 0.3 is 6.03 Å². The van der Waals surface area contributed by atoms with Crippen LogP contribution in [0.25, 0.3) is 11.2 Å². The van der Waals surface area contributed by atoms with E-state index in [1.807, 2.05) is 47.5 Å². The third-order valence-electron chi connectivity index (χ3n) is 4.92. The minimum Gasteiger partial charge on any atom is -0.324 e. The van der Waals surface area contributed by atoms with Crippen LogP contribution in [0.4, 0.5) is 10.5 Å². The summed E-state index contributed by atoms with van der Waals surface area (Å²) in [5.41, 5.74) is 2.67. The Bertz CT molecular complexity index is 953. The van der Waals surface area contributed by atoms with Crippen molar-refractivity contribution < 1.29 is 4.79 Å². The number of urea groups is 1. The van der Waals surface area contributed by atoms with Crippen molar-refractivity contribution >= 4 is 38.8 Å². The van der Waals surface area contributed by atoms with E-state index in [0.29, 0.717) is 6.54 Å². The molecule has 1 aliphatic heterocycles. The molecule has 0 radical (unpaired) electrons.